The Kier molecular flexibility index (Phi) is 5.98. The molecular formula is C22H25ClN2OS. The molecule has 1 atom stereocenters. The summed E-state index contributed by atoms with van der Waals surface area (Å²) in [4.78, 5) is 3.92. The molecule has 3 nitrogen and oxygen atoms in total. The van der Waals surface area contributed by atoms with Gasteiger partial charge in [0.15, 0.2) is 0 Å². The first-order valence-electron chi connectivity index (χ1n) is 9.61. The van der Waals surface area contributed by atoms with Gasteiger partial charge >= 0.3 is 0 Å². The molecule has 142 valence electrons. The predicted octanol–water partition coefficient (Wildman–Crippen LogP) is 5.34. The average Bonchev–Trinajstić information content (AvgIpc) is 2.91. The summed E-state index contributed by atoms with van der Waals surface area (Å²) in [5.41, 5.74) is 1.16. The van der Waals surface area contributed by atoms with E-state index in [2.05, 4.69) is 46.6 Å². The second-order valence-corrected chi connectivity index (χ2v) is 8.40. The number of nitrogens with one attached hydrogen (secondary N) is 1. The average molecular weight is 401 g/mol. The van der Waals surface area contributed by atoms with Crippen LogP contribution in [0.3, 0.4) is 0 Å². The maximum atomic E-state index is 6.42. The van der Waals surface area contributed by atoms with Gasteiger partial charge in [-0.25, -0.2) is 0 Å². The third-order valence-corrected chi connectivity index (χ3v) is 6.42. The monoisotopic (exact) mass is 400 g/mol. The first kappa shape index (κ1) is 18.8. The standard InChI is InChI=1S/C22H25ClN2OS/c1-2-26-19-9-8-17(23)15-18(19)22(25-12-5-10-24-11-13-25)21-14-16-6-3-4-7-20(16)27-21/h3-4,6-9,14-15,22,24H,2,5,10-13H2,1H3. The Hall–Kier alpha value is -1.59. The van der Waals surface area contributed by atoms with Crippen molar-refractivity contribution in [3.05, 3.63) is 64.0 Å². The molecular weight excluding hydrogens is 376 g/mol. The fourth-order valence-corrected chi connectivity index (χ4v) is 5.21. The Bertz CT molecular complexity index is 869. The largest absolute Gasteiger partial charge is 0.494 e. The van der Waals surface area contributed by atoms with Crippen molar-refractivity contribution < 1.29 is 4.74 Å². The van der Waals surface area contributed by atoms with E-state index in [9.17, 15) is 0 Å². The van der Waals surface area contributed by atoms with E-state index in [0.29, 0.717) is 6.61 Å². The van der Waals surface area contributed by atoms with E-state index in [0.717, 1.165) is 48.9 Å². The highest BCUT2D eigenvalue weighted by molar-refractivity contribution is 7.19. The molecule has 5 heteroatoms. The van der Waals surface area contributed by atoms with Crippen molar-refractivity contribution in [2.45, 2.75) is 19.4 Å². The molecule has 0 aliphatic carbocycles. The minimum atomic E-state index is 0.155. The van der Waals surface area contributed by atoms with Gasteiger partial charge in [0.05, 0.1) is 12.6 Å². The minimum Gasteiger partial charge on any atom is -0.494 e. The third kappa shape index (κ3) is 4.14. The zero-order chi connectivity index (χ0) is 18.6. The lowest BCUT2D eigenvalue weighted by Gasteiger charge is -2.31. The molecule has 2 heterocycles. The number of hydrogen-bond donors (Lipinski definition) is 1. The van der Waals surface area contributed by atoms with Crippen LogP contribution in [-0.4, -0.2) is 37.7 Å². The van der Waals surface area contributed by atoms with Crippen molar-refractivity contribution in [3.8, 4) is 5.75 Å². The van der Waals surface area contributed by atoms with Gasteiger partial charge in [0.2, 0.25) is 0 Å². The summed E-state index contributed by atoms with van der Waals surface area (Å²) in [7, 11) is 0. The van der Waals surface area contributed by atoms with Crippen LogP contribution < -0.4 is 10.1 Å². The van der Waals surface area contributed by atoms with Crippen molar-refractivity contribution in [1.82, 2.24) is 10.2 Å². The van der Waals surface area contributed by atoms with Crippen LogP contribution in [0.15, 0.2) is 48.5 Å². The van der Waals surface area contributed by atoms with Gasteiger partial charge < -0.3 is 10.1 Å². The lowest BCUT2D eigenvalue weighted by Crippen LogP contribution is -2.32. The summed E-state index contributed by atoms with van der Waals surface area (Å²) in [5.74, 6) is 0.932. The van der Waals surface area contributed by atoms with Crippen LogP contribution in [0.4, 0.5) is 0 Å². The molecule has 27 heavy (non-hydrogen) atoms. The number of ether oxygens (including phenoxy) is 1. The summed E-state index contributed by atoms with van der Waals surface area (Å²) in [6.07, 6.45) is 1.14. The first-order valence-corrected chi connectivity index (χ1v) is 10.8. The Balaban J connectivity index is 1.84. The molecule has 2 aromatic carbocycles. The lowest BCUT2D eigenvalue weighted by molar-refractivity contribution is 0.236. The van der Waals surface area contributed by atoms with Crippen LogP contribution in [0.5, 0.6) is 5.75 Å². The highest BCUT2D eigenvalue weighted by Gasteiger charge is 2.28. The van der Waals surface area contributed by atoms with Gasteiger partial charge in [-0.1, -0.05) is 29.8 Å². The molecule has 1 fully saturated rings. The van der Waals surface area contributed by atoms with Crippen LogP contribution >= 0.6 is 22.9 Å². The number of nitrogens with zero attached hydrogens (tertiary/aromatic N) is 1. The zero-order valence-electron chi connectivity index (χ0n) is 15.6. The summed E-state index contributed by atoms with van der Waals surface area (Å²) >= 11 is 8.29. The lowest BCUT2D eigenvalue weighted by atomic mass is 10.0. The minimum absolute atomic E-state index is 0.155. The highest BCUT2D eigenvalue weighted by Crippen LogP contribution is 2.41. The Morgan fingerprint density at radius 1 is 1.15 bits per heavy atom. The third-order valence-electron chi connectivity index (χ3n) is 5.02. The van der Waals surface area contributed by atoms with Crippen molar-refractivity contribution in [3.63, 3.8) is 0 Å². The zero-order valence-corrected chi connectivity index (χ0v) is 17.2. The number of halogens is 1. The number of thiophene rings is 1. The van der Waals surface area contributed by atoms with Crippen molar-refractivity contribution >= 4 is 33.0 Å². The van der Waals surface area contributed by atoms with Gasteiger partial charge in [-0.3, -0.25) is 4.90 Å². The molecule has 1 unspecified atom stereocenters. The van der Waals surface area contributed by atoms with E-state index in [4.69, 9.17) is 16.3 Å². The van der Waals surface area contributed by atoms with Gasteiger partial charge in [0, 0.05) is 39.8 Å². The summed E-state index contributed by atoms with van der Waals surface area (Å²) < 4.78 is 7.32. The van der Waals surface area contributed by atoms with Crippen molar-refractivity contribution in [1.29, 1.82) is 0 Å². The number of hydrogen-bond acceptors (Lipinski definition) is 4. The van der Waals surface area contributed by atoms with E-state index in [1.165, 1.54) is 15.0 Å². The first-order chi connectivity index (χ1) is 13.3. The molecule has 0 amide bonds. The van der Waals surface area contributed by atoms with Crippen molar-refractivity contribution in [2.24, 2.45) is 0 Å². The second-order valence-electron chi connectivity index (χ2n) is 6.84. The van der Waals surface area contributed by atoms with E-state index in [1.807, 2.05) is 30.4 Å². The second kappa shape index (κ2) is 8.61. The van der Waals surface area contributed by atoms with E-state index in [-0.39, 0.29) is 6.04 Å². The number of rotatable bonds is 5. The normalized spacial score (nSPS) is 17.0. The summed E-state index contributed by atoms with van der Waals surface area (Å²) in [6.45, 7) is 6.83. The molecule has 1 aliphatic rings. The number of benzene rings is 2. The van der Waals surface area contributed by atoms with Crippen LogP contribution in [0, 0.1) is 0 Å². The predicted molar refractivity (Wildman–Crippen MR) is 115 cm³/mol. The van der Waals surface area contributed by atoms with Crippen LogP contribution in [0.2, 0.25) is 5.02 Å². The molecule has 0 radical (unpaired) electrons. The van der Waals surface area contributed by atoms with Crippen LogP contribution in [0.1, 0.15) is 29.8 Å². The van der Waals surface area contributed by atoms with Gasteiger partial charge in [-0.15, -0.1) is 11.3 Å². The Morgan fingerprint density at radius 3 is 2.89 bits per heavy atom. The molecule has 1 N–H and O–H groups in total. The van der Waals surface area contributed by atoms with Gasteiger partial charge in [-0.2, -0.15) is 0 Å². The fraction of sp³-hybridized carbons (Fsp3) is 0.364. The maximum absolute atomic E-state index is 6.42. The van der Waals surface area contributed by atoms with Crippen molar-refractivity contribution in [2.75, 3.05) is 32.8 Å². The molecule has 0 bridgehead atoms. The molecule has 4 rings (SSSR count). The van der Waals surface area contributed by atoms with E-state index < -0.39 is 0 Å². The smallest absolute Gasteiger partial charge is 0.124 e. The van der Waals surface area contributed by atoms with E-state index >= 15 is 0 Å². The Labute approximate surface area is 169 Å². The summed E-state index contributed by atoms with van der Waals surface area (Å²) in [5, 5.41) is 5.58. The fourth-order valence-electron chi connectivity index (χ4n) is 3.81. The molecule has 0 spiro atoms. The van der Waals surface area contributed by atoms with E-state index in [1.54, 1.807) is 0 Å². The number of fused-ring (bicyclic) bond motifs is 1. The quantitative estimate of drug-likeness (QED) is 0.625. The van der Waals surface area contributed by atoms with Gasteiger partial charge in [0.25, 0.3) is 0 Å². The summed E-state index contributed by atoms with van der Waals surface area (Å²) in [6, 6.07) is 17.1. The SMILES string of the molecule is CCOc1ccc(Cl)cc1C(c1cc2ccccc2s1)N1CCCNCC1. The van der Waals surface area contributed by atoms with Gasteiger partial charge in [0.1, 0.15) is 5.75 Å². The molecule has 1 aliphatic heterocycles. The van der Waals surface area contributed by atoms with Crippen LogP contribution in [0.25, 0.3) is 10.1 Å². The Morgan fingerprint density at radius 2 is 2.04 bits per heavy atom. The van der Waals surface area contributed by atoms with Crippen LogP contribution in [-0.2, 0) is 0 Å². The highest BCUT2D eigenvalue weighted by atomic mass is 35.5. The molecule has 3 aromatic rings. The molecule has 1 saturated heterocycles. The van der Waals surface area contributed by atoms with Gasteiger partial charge in [-0.05, 0) is 55.6 Å². The maximum Gasteiger partial charge on any atom is 0.124 e. The topological polar surface area (TPSA) is 24.5 Å². The molecule has 0 saturated carbocycles. The molecule has 1 aromatic heterocycles.